The van der Waals surface area contributed by atoms with Crippen LogP contribution in [0.25, 0.3) is 0 Å². The van der Waals surface area contributed by atoms with Gasteiger partial charge in [-0.2, -0.15) is 5.26 Å². The molecule has 0 aliphatic carbocycles. The smallest absolute Gasteiger partial charge is 0.263 e. The van der Waals surface area contributed by atoms with E-state index in [-0.39, 0.29) is 10.4 Å². The Morgan fingerprint density at radius 3 is 3.07 bits per heavy atom. The molecule has 7 nitrogen and oxygen atoms in total. The first-order valence-corrected chi connectivity index (χ1v) is 11.7. The number of hydrogen-bond donors (Lipinski definition) is 2. The summed E-state index contributed by atoms with van der Waals surface area (Å²) in [7, 11) is -3.78. The van der Waals surface area contributed by atoms with Crippen LogP contribution in [-0.4, -0.2) is 43.5 Å². The summed E-state index contributed by atoms with van der Waals surface area (Å²) < 4.78 is 27.5. The minimum absolute atomic E-state index is 0.0555. The van der Waals surface area contributed by atoms with Crippen molar-refractivity contribution in [3.8, 4) is 6.07 Å². The summed E-state index contributed by atoms with van der Waals surface area (Å²) in [6, 6.07) is 6.76. The molecule has 2 atom stereocenters. The van der Waals surface area contributed by atoms with Gasteiger partial charge in [-0.05, 0) is 49.9 Å². The number of sulfonamides is 1. The van der Waals surface area contributed by atoms with Crippen molar-refractivity contribution < 1.29 is 8.42 Å². The standard InChI is InChI=1S/C19H23N5O2S2/c1-14-10-19(5-2-7-24(19)12-14)13-22-17-4-3-16(9-15(17)11-20)28(25,26)23-18-21-6-8-27-18/h3-4,6,8-9,14,22H,2,5,7,10,12-13H2,1H3,(H,21,23)/t14-,19-/m1/s1. The van der Waals surface area contributed by atoms with E-state index in [0.717, 1.165) is 32.5 Å². The fourth-order valence-corrected chi connectivity index (χ4v) is 6.33. The molecule has 0 radical (unpaired) electrons. The lowest BCUT2D eigenvalue weighted by Gasteiger charge is -2.32. The molecule has 1 aromatic heterocycles. The van der Waals surface area contributed by atoms with Crippen LogP contribution in [0.2, 0.25) is 0 Å². The first-order chi connectivity index (χ1) is 13.4. The molecule has 2 fully saturated rings. The summed E-state index contributed by atoms with van der Waals surface area (Å²) >= 11 is 1.20. The molecule has 148 valence electrons. The van der Waals surface area contributed by atoms with Gasteiger partial charge in [-0.1, -0.05) is 6.92 Å². The zero-order valence-corrected chi connectivity index (χ0v) is 17.3. The number of benzene rings is 1. The van der Waals surface area contributed by atoms with Crippen LogP contribution in [0.15, 0.2) is 34.7 Å². The number of fused-ring (bicyclic) bond motifs is 1. The van der Waals surface area contributed by atoms with Crippen molar-refractivity contribution in [2.75, 3.05) is 29.7 Å². The van der Waals surface area contributed by atoms with Crippen LogP contribution in [0.1, 0.15) is 31.7 Å². The summed E-state index contributed by atoms with van der Waals surface area (Å²) in [5, 5.41) is 15.0. The first kappa shape index (κ1) is 19.2. The monoisotopic (exact) mass is 417 g/mol. The summed E-state index contributed by atoms with van der Waals surface area (Å²) in [6.07, 6.45) is 5.06. The van der Waals surface area contributed by atoms with Gasteiger partial charge >= 0.3 is 0 Å². The van der Waals surface area contributed by atoms with E-state index in [1.165, 1.54) is 36.1 Å². The zero-order chi connectivity index (χ0) is 19.8. The molecule has 3 heterocycles. The zero-order valence-electron chi connectivity index (χ0n) is 15.7. The van der Waals surface area contributed by atoms with E-state index in [9.17, 15) is 13.7 Å². The van der Waals surface area contributed by atoms with E-state index < -0.39 is 10.0 Å². The molecule has 0 bridgehead atoms. The highest BCUT2D eigenvalue weighted by molar-refractivity contribution is 7.93. The Kier molecular flexibility index (Phi) is 5.04. The van der Waals surface area contributed by atoms with E-state index >= 15 is 0 Å². The van der Waals surface area contributed by atoms with Gasteiger partial charge in [0.05, 0.1) is 16.1 Å². The van der Waals surface area contributed by atoms with Gasteiger partial charge in [-0.25, -0.2) is 13.4 Å². The normalized spacial score (nSPS) is 24.6. The molecule has 1 aromatic carbocycles. The maximum Gasteiger partial charge on any atom is 0.263 e. The molecule has 2 N–H and O–H groups in total. The number of hydrogen-bond acceptors (Lipinski definition) is 7. The highest BCUT2D eigenvalue weighted by atomic mass is 32.2. The van der Waals surface area contributed by atoms with E-state index in [1.807, 2.05) is 0 Å². The van der Waals surface area contributed by atoms with Crippen LogP contribution in [-0.2, 0) is 10.0 Å². The van der Waals surface area contributed by atoms with Gasteiger partial charge in [0.15, 0.2) is 5.13 Å². The van der Waals surface area contributed by atoms with E-state index in [1.54, 1.807) is 11.4 Å². The van der Waals surface area contributed by atoms with Gasteiger partial charge in [-0.3, -0.25) is 9.62 Å². The Hall–Kier alpha value is -2.15. The van der Waals surface area contributed by atoms with Gasteiger partial charge in [0.25, 0.3) is 10.0 Å². The summed E-state index contributed by atoms with van der Waals surface area (Å²) in [5.41, 5.74) is 1.16. The highest BCUT2D eigenvalue weighted by Gasteiger charge is 2.46. The maximum atomic E-state index is 12.5. The quantitative estimate of drug-likeness (QED) is 0.749. The lowest BCUT2D eigenvalue weighted by molar-refractivity contribution is 0.209. The van der Waals surface area contributed by atoms with Crippen molar-refractivity contribution in [2.24, 2.45) is 5.92 Å². The van der Waals surface area contributed by atoms with Crippen LogP contribution >= 0.6 is 11.3 Å². The van der Waals surface area contributed by atoms with Crippen LogP contribution in [0.3, 0.4) is 0 Å². The molecular formula is C19H23N5O2S2. The molecule has 2 aromatic rings. The predicted molar refractivity (Wildman–Crippen MR) is 110 cm³/mol. The van der Waals surface area contributed by atoms with Crippen molar-refractivity contribution in [1.29, 1.82) is 5.26 Å². The minimum Gasteiger partial charge on any atom is -0.382 e. The molecular weight excluding hydrogens is 394 g/mol. The molecule has 0 amide bonds. The molecule has 0 unspecified atom stereocenters. The number of nitrogens with zero attached hydrogens (tertiary/aromatic N) is 3. The van der Waals surface area contributed by atoms with E-state index in [4.69, 9.17) is 0 Å². The Balaban J connectivity index is 1.52. The van der Waals surface area contributed by atoms with Gasteiger partial charge < -0.3 is 5.32 Å². The van der Waals surface area contributed by atoms with E-state index in [0.29, 0.717) is 22.3 Å². The summed E-state index contributed by atoms with van der Waals surface area (Å²) in [6.45, 7) is 5.33. The number of nitrogens with one attached hydrogen (secondary N) is 2. The SMILES string of the molecule is C[C@H]1CN2CCC[C@]2(CNc2ccc(S(=O)(=O)Nc3nccs3)cc2C#N)C1. The fraction of sp³-hybridized carbons (Fsp3) is 0.474. The van der Waals surface area contributed by atoms with Crippen LogP contribution < -0.4 is 10.0 Å². The number of nitriles is 1. The molecule has 0 spiro atoms. The Morgan fingerprint density at radius 2 is 2.32 bits per heavy atom. The Bertz CT molecular complexity index is 1000. The lowest BCUT2D eigenvalue weighted by atomic mass is 9.90. The maximum absolute atomic E-state index is 12.5. The molecule has 9 heteroatoms. The molecule has 2 aliphatic rings. The minimum atomic E-state index is -3.78. The van der Waals surface area contributed by atoms with Crippen molar-refractivity contribution >= 4 is 32.2 Å². The highest BCUT2D eigenvalue weighted by Crippen LogP contribution is 2.41. The van der Waals surface area contributed by atoms with Crippen LogP contribution in [0.4, 0.5) is 10.8 Å². The third-order valence-electron chi connectivity index (χ3n) is 5.69. The topological polar surface area (TPSA) is 98.1 Å². The number of anilines is 2. The lowest BCUT2D eigenvalue weighted by Crippen LogP contribution is -2.44. The van der Waals surface area contributed by atoms with E-state index in [2.05, 4.69) is 32.9 Å². The fourth-order valence-electron chi connectivity index (χ4n) is 4.52. The average Bonchev–Trinajstić information content (AvgIpc) is 3.35. The van der Waals surface area contributed by atoms with Gasteiger partial charge in [0, 0.05) is 30.2 Å². The molecule has 0 saturated carbocycles. The van der Waals surface area contributed by atoms with Gasteiger partial charge in [0.1, 0.15) is 6.07 Å². The molecule has 2 aliphatic heterocycles. The summed E-state index contributed by atoms with van der Waals surface area (Å²) in [4.78, 5) is 6.56. The van der Waals surface area contributed by atoms with Crippen molar-refractivity contribution in [3.63, 3.8) is 0 Å². The Labute approximate surface area is 169 Å². The average molecular weight is 418 g/mol. The van der Waals surface area contributed by atoms with Crippen molar-refractivity contribution in [3.05, 3.63) is 35.3 Å². The second-order valence-electron chi connectivity index (χ2n) is 7.70. The first-order valence-electron chi connectivity index (χ1n) is 9.37. The van der Waals surface area contributed by atoms with Crippen LogP contribution in [0.5, 0.6) is 0 Å². The number of aromatic nitrogens is 1. The van der Waals surface area contributed by atoms with Gasteiger partial charge in [-0.15, -0.1) is 11.3 Å². The van der Waals surface area contributed by atoms with Crippen molar-refractivity contribution in [2.45, 2.75) is 36.6 Å². The largest absolute Gasteiger partial charge is 0.382 e. The second-order valence-corrected chi connectivity index (χ2v) is 10.3. The molecule has 28 heavy (non-hydrogen) atoms. The predicted octanol–water partition coefficient (Wildman–Crippen LogP) is 3.10. The van der Waals surface area contributed by atoms with Crippen LogP contribution in [0, 0.1) is 17.2 Å². The molecule has 2 saturated heterocycles. The van der Waals surface area contributed by atoms with Crippen molar-refractivity contribution in [1.82, 2.24) is 9.88 Å². The molecule has 4 rings (SSSR count). The second kappa shape index (κ2) is 7.35. The third kappa shape index (κ3) is 3.60. The number of thiazole rings is 1. The Morgan fingerprint density at radius 1 is 1.46 bits per heavy atom. The summed E-state index contributed by atoms with van der Waals surface area (Å²) in [5.74, 6) is 0.682. The third-order valence-corrected chi connectivity index (χ3v) is 7.84. The van der Waals surface area contributed by atoms with Gasteiger partial charge in [0.2, 0.25) is 0 Å². The number of rotatable bonds is 6.